The second kappa shape index (κ2) is 4.88. The number of nitrogens with zero attached hydrogens (tertiary/aromatic N) is 1. The molecule has 20 heavy (non-hydrogen) atoms. The summed E-state index contributed by atoms with van der Waals surface area (Å²) in [5.74, 6) is -0.234. The molecular formula is C17H13ClFN. The van der Waals surface area contributed by atoms with Gasteiger partial charge in [-0.1, -0.05) is 29.8 Å². The Hall–Kier alpha value is -1.93. The van der Waals surface area contributed by atoms with E-state index in [0.717, 1.165) is 33.3 Å². The predicted molar refractivity (Wildman–Crippen MR) is 81.6 cm³/mol. The molecule has 1 heterocycles. The van der Waals surface area contributed by atoms with E-state index in [1.165, 1.54) is 12.1 Å². The van der Waals surface area contributed by atoms with Gasteiger partial charge in [0.25, 0.3) is 0 Å². The molecule has 100 valence electrons. The molecular weight excluding hydrogens is 273 g/mol. The van der Waals surface area contributed by atoms with Crippen molar-refractivity contribution in [3.05, 3.63) is 64.6 Å². The molecule has 0 atom stereocenters. The fraction of sp³-hybridized carbons (Fsp3) is 0.118. The molecule has 3 heteroatoms. The standard InChI is InChI=1S/C17H13ClFN/c1-10-9-15(18)17-11(2)14(7-8-16(17)20-10)12-3-5-13(19)6-4-12/h3-9H,1-2H3. The molecule has 1 nitrogen and oxygen atoms in total. The highest BCUT2D eigenvalue weighted by Gasteiger charge is 2.10. The molecule has 3 aromatic rings. The molecule has 0 saturated heterocycles. The van der Waals surface area contributed by atoms with E-state index < -0.39 is 0 Å². The largest absolute Gasteiger partial charge is 0.253 e. The summed E-state index contributed by atoms with van der Waals surface area (Å²) in [6, 6.07) is 12.3. The quantitative estimate of drug-likeness (QED) is 0.590. The first-order valence-corrected chi connectivity index (χ1v) is 6.76. The van der Waals surface area contributed by atoms with E-state index in [9.17, 15) is 4.39 Å². The van der Waals surface area contributed by atoms with Crippen LogP contribution < -0.4 is 0 Å². The van der Waals surface area contributed by atoms with Gasteiger partial charge in [0, 0.05) is 11.1 Å². The molecule has 0 aliphatic heterocycles. The minimum absolute atomic E-state index is 0.234. The van der Waals surface area contributed by atoms with Crippen molar-refractivity contribution >= 4 is 22.5 Å². The molecule has 3 rings (SSSR count). The van der Waals surface area contributed by atoms with Gasteiger partial charge in [0.05, 0.1) is 10.5 Å². The fourth-order valence-corrected chi connectivity index (χ4v) is 2.91. The molecule has 0 bridgehead atoms. The Morgan fingerprint density at radius 2 is 1.70 bits per heavy atom. The zero-order valence-corrected chi connectivity index (χ0v) is 12.0. The Bertz CT molecular complexity index is 794. The van der Waals surface area contributed by atoms with Gasteiger partial charge < -0.3 is 0 Å². The maximum Gasteiger partial charge on any atom is 0.123 e. The van der Waals surface area contributed by atoms with Crippen LogP contribution in [0.2, 0.25) is 5.02 Å². The average Bonchev–Trinajstić information content (AvgIpc) is 2.39. The van der Waals surface area contributed by atoms with E-state index in [0.29, 0.717) is 5.02 Å². The molecule has 0 aliphatic carbocycles. The molecule has 0 fully saturated rings. The average molecular weight is 286 g/mol. The monoisotopic (exact) mass is 285 g/mol. The van der Waals surface area contributed by atoms with Gasteiger partial charge in [-0.25, -0.2) is 4.39 Å². The van der Waals surface area contributed by atoms with Crippen molar-refractivity contribution in [1.29, 1.82) is 0 Å². The summed E-state index contributed by atoms with van der Waals surface area (Å²) in [6.45, 7) is 3.94. The Kier molecular flexibility index (Phi) is 3.19. The lowest BCUT2D eigenvalue weighted by molar-refractivity contribution is 0.628. The summed E-state index contributed by atoms with van der Waals surface area (Å²) < 4.78 is 13.0. The highest BCUT2D eigenvalue weighted by Crippen LogP contribution is 2.33. The van der Waals surface area contributed by atoms with Crippen molar-refractivity contribution in [2.75, 3.05) is 0 Å². The molecule has 1 aromatic heterocycles. The number of hydrogen-bond donors (Lipinski definition) is 0. The highest BCUT2D eigenvalue weighted by molar-refractivity contribution is 6.35. The van der Waals surface area contributed by atoms with Crippen molar-refractivity contribution in [3.63, 3.8) is 0 Å². The second-order valence-corrected chi connectivity index (χ2v) is 5.29. The molecule has 0 aliphatic rings. The zero-order valence-electron chi connectivity index (χ0n) is 11.2. The molecule has 0 unspecified atom stereocenters. The van der Waals surface area contributed by atoms with Crippen LogP contribution in [0.5, 0.6) is 0 Å². The van der Waals surface area contributed by atoms with E-state index in [4.69, 9.17) is 11.6 Å². The first-order valence-electron chi connectivity index (χ1n) is 6.38. The maximum absolute atomic E-state index is 13.0. The predicted octanol–water partition coefficient (Wildman–Crippen LogP) is 5.31. The van der Waals surface area contributed by atoms with Crippen LogP contribution in [-0.2, 0) is 0 Å². The normalized spacial score (nSPS) is 11.0. The lowest BCUT2D eigenvalue weighted by Crippen LogP contribution is -1.91. The molecule has 0 N–H and O–H groups in total. The van der Waals surface area contributed by atoms with Gasteiger partial charge in [-0.15, -0.1) is 0 Å². The van der Waals surface area contributed by atoms with Crippen LogP contribution in [0.3, 0.4) is 0 Å². The highest BCUT2D eigenvalue weighted by atomic mass is 35.5. The number of halogens is 2. The van der Waals surface area contributed by atoms with E-state index in [1.807, 2.05) is 32.0 Å². The van der Waals surface area contributed by atoms with Crippen LogP contribution in [0.4, 0.5) is 4.39 Å². The van der Waals surface area contributed by atoms with Crippen LogP contribution in [0.15, 0.2) is 42.5 Å². The maximum atomic E-state index is 13.0. The minimum atomic E-state index is -0.234. The number of aryl methyl sites for hydroxylation is 2. The third-order valence-electron chi connectivity index (χ3n) is 3.47. The smallest absolute Gasteiger partial charge is 0.123 e. The van der Waals surface area contributed by atoms with Crippen molar-refractivity contribution in [2.24, 2.45) is 0 Å². The van der Waals surface area contributed by atoms with Gasteiger partial charge in [0.1, 0.15) is 5.82 Å². The summed E-state index contributed by atoms with van der Waals surface area (Å²) in [4.78, 5) is 4.50. The Morgan fingerprint density at radius 1 is 1.00 bits per heavy atom. The van der Waals surface area contributed by atoms with Crippen molar-refractivity contribution in [2.45, 2.75) is 13.8 Å². The van der Waals surface area contributed by atoms with Crippen molar-refractivity contribution in [3.8, 4) is 11.1 Å². The minimum Gasteiger partial charge on any atom is -0.253 e. The van der Waals surface area contributed by atoms with E-state index in [-0.39, 0.29) is 5.82 Å². The first-order chi connectivity index (χ1) is 9.56. The Morgan fingerprint density at radius 3 is 2.40 bits per heavy atom. The van der Waals surface area contributed by atoms with Gasteiger partial charge in [0.2, 0.25) is 0 Å². The van der Waals surface area contributed by atoms with Gasteiger partial charge >= 0.3 is 0 Å². The number of rotatable bonds is 1. The number of fused-ring (bicyclic) bond motifs is 1. The number of aromatic nitrogens is 1. The third-order valence-corrected chi connectivity index (χ3v) is 3.77. The van der Waals surface area contributed by atoms with Crippen LogP contribution in [0.25, 0.3) is 22.0 Å². The second-order valence-electron chi connectivity index (χ2n) is 4.88. The van der Waals surface area contributed by atoms with Crippen molar-refractivity contribution in [1.82, 2.24) is 4.98 Å². The van der Waals surface area contributed by atoms with E-state index in [2.05, 4.69) is 4.98 Å². The van der Waals surface area contributed by atoms with E-state index in [1.54, 1.807) is 12.1 Å². The number of pyridine rings is 1. The van der Waals surface area contributed by atoms with Crippen LogP contribution in [-0.4, -0.2) is 4.98 Å². The Labute approximate surface area is 122 Å². The summed E-state index contributed by atoms with van der Waals surface area (Å²) in [7, 11) is 0. The summed E-state index contributed by atoms with van der Waals surface area (Å²) in [6.07, 6.45) is 0. The summed E-state index contributed by atoms with van der Waals surface area (Å²) >= 11 is 6.35. The van der Waals surface area contributed by atoms with Gasteiger partial charge in [0.15, 0.2) is 0 Å². The third kappa shape index (κ3) is 2.16. The zero-order chi connectivity index (χ0) is 14.3. The lowest BCUT2D eigenvalue weighted by atomic mass is 9.97. The molecule has 0 spiro atoms. The first kappa shape index (κ1) is 13.1. The topological polar surface area (TPSA) is 12.9 Å². The van der Waals surface area contributed by atoms with Gasteiger partial charge in [-0.05, 0) is 54.8 Å². The summed E-state index contributed by atoms with van der Waals surface area (Å²) in [5, 5.41) is 1.66. The molecule has 0 saturated carbocycles. The fourth-order valence-electron chi connectivity index (χ4n) is 2.51. The molecule has 2 aromatic carbocycles. The lowest BCUT2D eigenvalue weighted by Gasteiger charge is -2.11. The van der Waals surface area contributed by atoms with Gasteiger partial charge in [-0.3, -0.25) is 4.98 Å². The Balaban J connectivity index is 2.28. The summed E-state index contributed by atoms with van der Waals surface area (Å²) in [5.41, 5.74) is 4.87. The molecule has 0 amide bonds. The SMILES string of the molecule is Cc1cc(Cl)c2c(C)c(-c3ccc(F)cc3)ccc2n1. The van der Waals surface area contributed by atoms with Crippen LogP contribution >= 0.6 is 11.6 Å². The number of hydrogen-bond acceptors (Lipinski definition) is 1. The molecule has 0 radical (unpaired) electrons. The number of benzene rings is 2. The van der Waals surface area contributed by atoms with Crippen molar-refractivity contribution < 1.29 is 4.39 Å². The van der Waals surface area contributed by atoms with Gasteiger partial charge in [-0.2, -0.15) is 0 Å². The van der Waals surface area contributed by atoms with E-state index >= 15 is 0 Å². The van der Waals surface area contributed by atoms with Crippen LogP contribution in [0.1, 0.15) is 11.3 Å². The van der Waals surface area contributed by atoms with Crippen LogP contribution in [0, 0.1) is 19.7 Å².